The highest BCUT2D eigenvalue weighted by atomic mass is 16.3. The number of nitrogens with zero attached hydrogens (tertiary/aromatic N) is 2. The maximum absolute atomic E-state index is 13.1. The number of carbonyl (C=O) groups is 1. The van der Waals surface area contributed by atoms with E-state index in [1.165, 1.54) is 0 Å². The number of aliphatic hydroxyl groups is 2. The van der Waals surface area contributed by atoms with Crippen molar-refractivity contribution in [1.29, 1.82) is 0 Å². The second-order valence-electron chi connectivity index (χ2n) is 7.58. The van der Waals surface area contributed by atoms with Crippen LogP contribution in [0.3, 0.4) is 0 Å². The molecule has 5 aliphatic heterocycles. The van der Waals surface area contributed by atoms with E-state index in [9.17, 15) is 15.0 Å². The van der Waals surface area contributed by atoms with Gasteiger partial charge in [0.2, 0.25) is 0 Å². The van der Waals surface area contributed by atoms with Gasteiger partial charge in [-0.15, -0.1) is 0 Å². The summed E-state index contributed by atoms with van der Waals surface area (Å²) in [6.07, 6.45) is 5.82. The molecule has 5 rings (SSSR count). The summed E-state index contributed by atoms with van der Waals surface area (Å²) < 4.78 is 0. The largest absolute Gasteiger partial charge is 0.388 e. The number of amides is 2. The van der Waals surface area contributed by atoms with Crippen molar-refractivity contribution in [3.05, 3.63) is 0 Å². The van der Waals surface area contributed by atoms with E-state index in [1.54, 1.807) is 0 Å². The van der Waals surface area contributed by atoms with E-state index in [1.807, 2.05) is 9.80 Å². The van der Waals surface area contributed by atoms with Crippen molar-refractivity contribution in [3.63, 3.8) is 0 Å². The van der Waals surface area contributed by atoms with Crippen molar-refractivity contribution in [1.82, 2.24) is 9.80 Å². The zero-order chi connectivity index (χ0) is 13.7. The lowest BCUT2D eigenvalue weighted by molar-refractivity contribution is -0.0890. The van der Waals surface area contributed by atoms with Crippen LogP contribution in [0.15, 0.2) is 0 Å². The van der Waals surface area contributed by atoms with Crippen molar-refractivity contribution in [2.75, 3.05) is 0 Å². The summed E-state index contributed by atoms with van der Waals surface area (Å²) in [5.74, 6) is 0. The lowest BCUT2D eigenvalue weighted by Crippen LogP contribution is -2.58. The van der Waals surface area contributed by atoms with Crippen LogP contribution in [-0.4, -0.2) is 61.4 Å². The quantitative estimate of drug-likeness (QED) is 0.690. The first-order valence-electron chi connectivity index (χ1n) is 8.09. The first kappa shape index (κ1) is 11.8. The van der Waals surface area contributed by atoms with Gasteiger partial charge in [0.1, 0.15) is 12.2 Å². The van der Waals surface area contributed by atoms with Gasteiger partial charge in [0.25, 0.3) is 0 Å². The maximum Gasteiger partial charge on any atom is 0.321 e. The first-order valence-corrected chi connectivity index (χ1v) is 8.09. The van der Waals surface area contributed by atoms with E-state index < -0.39 is 23.3 Å². The average Bonchev–Trinajstić information content (AvgIpc) is 3.20. The summed E-state index contributed by atoms with van der Waals surface area (Å²) in [6, 6.07) is 0.694. The highest BCUT2D eigenvalue weighted by molar-refractivity contribution is 5.80. The average molecular weight is 278 g/mol. The highest BCUT2D eigenvalue weighted by Crippen LogP contribution is 2.58. The summed E-state index contributed by atoms with van der Waals surface area (Å²) in [5, 5.41) is 21.8. The molecule has 0 radical (unpaired) electrons. The van der Waals surface area contributed by atoms with Crippen molar-refractivity contribution in [3.8, 4) is 0 Å². The second kappa shape index (κ2) is 3.33. The molecule has 0 aromatic rings. The number of urea groups is 1. The van der Waals surface area contributed by atoms with E-state index in [0.717, 1.165) is 51.4 Å². The summed E-state index contributed by atoms with van der Waals surface area (Å²) in [5.41, 5.74) is -0.944. The fourth-order valence-electron chi connectivity index (χ4n) is 6.20. The molecule has 5 heteroatoms. The van der Waals surface area contributed by atoms with Crippen molar-refractivity contribution in [2.45, 2.75) is 86.7 Å². The molecule has 0 saturated carbocycles. The molecule has 5 aliphatic rings. The Hall–Kier alpha value is -0.810. The molecule has 5 fully saturated rings. The molecular formula is C15H22N2O3. The van der Waals surface area contributed by atoms with Crippen LogP contribution in [0.4, 0.5) is 4.79 Å². The van der Waals surface area contributed by atoms with Gasteiger partial charge in [-0.05, 0) is 51.4 Å². The lowest BCUT2D eigenvalue weighted by Gasteiger charge is -2.41. The van der Waals surface area contributed by atoms with Gasteiger partial charge >= 0.3 is 6.03 Å². The molecule has 0 unspecified atom stereocenters. The Morgan fingerprint density at radius 2 is 1.15 bits per heavy atom. The molecule has 2 N–H and O–H groups in total. The van der Waals surface area contributed by atoms with Crippen molar-refractivity contribution < 1.29 is 15.0 Å². The maximum atomic E-state index is 13.1. The van der Waals surface area contributed by atoms with Crippen LogP contribution in [-0.2, 0) is 0 Å². The van der Waals surface area contributed by atoms with Crippen LogP contribution in [0.25, 0.3) is 0 Å². The van der Waals surface area contributed by atoms with Crippen LogP contribution in [0.1, 0.15) is 51.4 Å². The summed E-state index contributed by atoms with van der Waals surface area (Å²) >= 11 is 0. The van der Waals surface area contributed by atoms with E-state index in [0.29, 0.717) is 12.1 Å². The second-order valence-corrected chi connectivity index (χ2v) is 7.58. The Balaban J connectivity index is 1.69. The van der Waals surface area contributed by atoms with Crippen LogP contribution in [0.5, 0.6) is 0 Å². The minimum atomic E-state index is -0.777. The molecule has 2 amide bonds. The molecule has 0 aromatic carbocycles. The zero-order valence-corrected chi connectivity index (χ0v) is 11.7. The molecule has 0 aromatic heterocycles. The number of carbonyl (C=O) groups excluding carboxylic acids is 1. The van der Waals surface area contributed by atoms with Gasteiger partial charge in [0.05, 0.1) is 11.1 Å². The van der Waals surface area contributed by atoms with Crippen LogP contribution in [0, 0.1) is 0 Å². The Bertz CT molecular complexity index is 436. The predicted octanol–water partition coefficient (Wildman–Crippen LogP) is 0.836. The van der Waals surface area contributed by atoms with Gasteiger partial charge in [-0.1, -0.05) is 0 Å². The number of rotatable bonds is 0. The van der Waals surface area contributed by atoms with Crippen molar-refractivity contribution in [2.24, 2.45) is 0 Å². The molecule has 20 heavy (non-hydrogen) atoms. The van der Waals surface area contributed by atoms with Gasteiger partial charge in [0, 0.05) is 12.1 Å². The molecule has 0 spiro atoms. The SMILES string of the molecule is O=C1N2C3CCC2(CC3)[C@H](O)[C@@H](O)C23CCC(CC2)N13. The van der Waals surface area contributed by atoms with E-state index in [-0.39, 0.29) is 6.03 Å². The molecule has 5 saturated heterocycles. The third-order valence-corrected chi connectivity index (χ3v) is 7.14. The van der Waals surface area contributed by atoms with E-state index in [4.69, 9.17) is 0 Å². The normalized spacial score (nSPS) is 56.2. The molecular weight excluding hydrogens is 256 g/mol. The van der Waals surface area contributed by atoms with Crippen molar-refractivity contribution >= 4 is 6.03 Å². The third kappa shape index (κ3) is 0.998. The number of hydrogen-bond donors (Lipinski definition) is 2. The zero-order valence-electron chi connectivity index (χ0n) is 11.7. The fraction of sp³-hybridized carbons (Fsp3) is 0.933. The van der Waals surface area contributed by atoms with Gasteiger partial charge in [-0.25, -0.2) is 4.79 Å². The smallest absolute Gasteiger partial charge is 0.321 e. The monoisotopic (exact) mass is 278 g/mol. The van der Waals surface area contributed by atoms with E-state index in [2.05, 4.69) is 0 Å². The molecule has 110 valence electrons. The molecule has 0 aliphatic carbocycles. The van der Waals surface area contributed by atoms with Gasteiger partial charge in [0.15, 0.2) is 0 Å². The Morgan fingerprint density at radius 1 is 0.800 bits per heavy atom. The minimum Gasteiger partial charge on any atom is -0.388 e. The Labute approximate surface area is 118 Å². The Morgan fingerprint density at radius 3 is 1.50 bits per heavy atom. The topological polar surface area (TPSA) is 64.0 Å². The van der Waals surface area contributed by atoms with Gasteiger partial charge in [-0.2, -0.15) is 0 Å². The summed E-state index contributed by atoms with van der Waals surface area (Å²) in [6.45, 7) is 0. The van der Waals surface area contributed by atoms with E-state index >= 15 is 0 Å². The minimum absolute atomic E-state index is 0.112. The van der Waals surface area contributed by atoms with Gasteiger partial charge < -0.3 is 20.0 Å². The van der Waals surface area contributed by atoms with Gasteiger partial charge in [-0.3, -0.25) is 0 Å². The predicted molar refractivity (Wildman–Crippen MR) is 71.1 cm³/mol. The highest BCUT2D eigenvalue weighted by Gasteiger charge is 2.70. The summed E-state index contributed by atoms with van der Waals surface area (Å²) in [7, 11) is 0. The number of hydrogen-bond acceptors (Lipinski definition) is 3. The Kier molecular flexibility index (Phi) is 1.96. The van der Waals surface area contributed by atoms with Crippen LogP contribution >= 0.6 is 0 Å². The molecule has 4 bridgehead atoms. The standard InChI is InChI=1S/C15H22N2O3/c18-11-12(19)15-7-3-10(4-8-15)17(15)13(20)16-9-1-5-14(11,16)6-2-9/h9-12,18-19H,1-8H2/t9?,10?,11-,12-,14?,15?/m1/s1. The number of aliphatic hydroxyl groups excluding tert-OH is 2. The molecule has 2 atom stereocenters. The molecule has 5 nitrogen and oxygen atoms in total. The lowest BCUT2D eigenvalue weighted by atomic mass is 9.73. The van der Waals surface area contributed by atoms with Crippen LogP contribution < -0.4 is 0 Å². The third-order valence-electron chi connectivity index (χ3n) is 7.14. The summed E-state index contributed by atoms with van der Waals surface area (Å²) in [4.78, 5) is 17.1. The van der Waals surface area contributed by atoms with Crippen LogP contribution in [0.2, 0.25) is 0 Å². The molecule has 5 heterocycles. The fourth-order valence-corrected chi connectivity index (χ4v) is 6.20. The first-order chi connectivity index (χ1) is 9.60.